The number of hydrogen-bond donors (Lipinski definition) is 6. The number of nitrogens with two attached hydrogens (primary N) is 1. The van der Waals surface area contributed by atoms with Crippen molar-refractivity contribution in [1.29, 1.82) is 0 Å². The molecule has 0 radical (unpaired) electrons. The first kappa shape index (κ1) is 35.5. The van der Waals surface area contributed by atoms with Gasteiger partial charge in [-0.25, -0.2) is 9.97 Å². The number of esters is 1. The second-order valence-corrected chi connectivity index (χ2v) is 11.1. The molecule has 1 aliphatic heterocycles. The van der Waals surface area contributed by atoms with Gasteiger partial charge in [-0.1, -0.05) is 29.3 Å². The zero-order chi connectivity index (χ0) is 32.6. The second kappa shape index (κ2) is 18.7. The van der Waals surface area contributed by atoms with Gasteiger partial charge >= 0.3 is 5.97 Å². The molecule has 3 aromatic rings. The molecule has 14 nitrogen and oxygen atoms in total. The fourth-order valence-electron chi connectivity index (χ4n) is 5.08. The third-order valence-electron chi connectivity index (χ3n) is 7.27. The van der Waals surface area contributed by atoms with Crippen LogP contribution in [0.1, 0.15) is 44.1 Å². The highest BCUT2D eigenvalue weighted by atomic mass is 35.5. The minimum absolute atomic E-state index is 0.0973. The molecule has 1 saturated carbocycles. The number of carbonyl (C=O) groups excluding carboxylic acids is 1. The highest BCUT2D eigenvalue weighted by Gasteiger charge is 2.30. The molecule has 1 unspecified atom stereocenters. The molecule has 1 aromatic carbocycles. The van der Waals surface area contributed by atoms with E-state index >= 15 is 0 Å². The van der Waals surface area contributed by atoms with E-state index in [2.05, 4.69) is 31.0 Å². The standard InChI is InChI=1S/C27H34Cl2N8O2.2CH2O2/c28-21-6-3-7-22(29)20(21)14-34-26-25(30)33-15-24(36-26)17-13-35-37(16-17)11-10-31-18-8-9-32-23(12-18)27(38)39-19-4-1-2-5-19;2*2-1-3/h3,6-7,13,15-16,18-19,23,31-32H,1-2,4-5,8-12,14H2,(H2,30,33)(H,34,36);2*1H,(H,2,3)/t18?,23-;;/m0../s1. The van der Waals surface area contributed by atoms with Crippen LogP contribution in [0.3, 0.4) is 0 Å². The Hall–Kier alpha value is -3.98. The predicted molar refractivity (Wildman–Crippen MR) is 170 cm³/mol. The maximum atomic E-state index is 12.6. The van der Waals surface area contributed by atoms with E-state index in [9.17, 15) is 4.79 Å². The first-order valence-electron chi connectivity index (χ1n) is 14.4. The number of benzene rings is 1. The fraction of sp³-hybridized carbons (Fsp3) is 0.448. The zero-order valence-electron chi connectivity index (χ0n) is 24.6. The van der Waals surface area contributed by atoms with Crippen molar-refractivity contribution < 1.29 is 29.3 Å². The summed E-state index contributed by atoms with van der Waals surface area (Å²) in [6.45, 7) is 2.07. The molecule has 2 fully saturated rings. The lowest BCUT2D eigenvalue weighted by atomic mass is 9.99. The minimum Gasteiger partial charge on any atom is -0.483 e. The van der Waals surface area contributed by atoms with E-state index in [-0.39, 0.29) is 42.9 Å². The summed E-state index contributed by atoms with van der Waals surface area (Å²) in [4.78, 5) is 38.2. The summed E-state index contributed by atoms with van der Waals surface area (Å²) < 4.78 is 7.57. The highest BCUT2D eigenvalue weighted by Crippen LogP contribution is 2.27. The van der Waals surface area contributed by atoms with Gasteiger partial charge in [-0.05, 0) is 57.2 Å². The van der Waals surface area contributed by atoms with E-state index in [0.717, 1.165) is 62.7 Å². The smallest absolute Gasteiger partial charge is 0.323 e. The number of aromatic nitrogens is 4. The average molecular weight is 666 g/mol. The lowest BCUT2D eigenvalue weighted by Crippen LogP contribution is -2.51. The predicted octanol–water partition coefficient (Wildman–Crippen LogP) is 3.44. The van der Waals surface area contributed by atoms with Gasteiger partial charge in [0.1, 0.15) is 12.1 Å². The summed E-state index contributed by atoms with van der Waals surface area (Å²) in [5.41, 5.74) is 8.30. The lowest BCUT2D eigenvalue weighted by molar-refractivity contribution is -0.152. The van der Waals surface area contributed by atoms with E-state index < -0.39 is 0 Å². The number of halogens is 2. The number of carboxylic acid groups (broad SMARTS) is 2. The van der Waals surface area contributed by atoms with Gasteiger partial charge in [-0.15, -0.1) is 0 Å². The van der Waals surface area contributed by atoms with Crippen LogP contribution < -0.4 is 21.7 Å². The van der Waals surface area contributed by atoms with Crippen LogP contribution in [-0.4, -0.2) is 80.2 Å². The van der Waals surface area contributed by atoms with Crippen LogP contribution in [0.4, 0.5) is 11.6 Å². The first-order valence-corrected chi connectivity index (χ1v) is 15.2. The second-order valence-electron chi connectivity index (χ2n) is 10.3. The molecule has 0 spiro atoms. The highest BCUT2D eigenvalue weighted by molar-refractivity contribution is 6.36. The number of carbonyl (C=O) groups is 3. The molecule has 16 heteroatoms. The van der Waals surface area contributed by atoms with Gasteiger partial charge in [0.15, 0.2) is 11.6 Å². The van der Waals surface area contributed by atoms with Crippen molar-refractivity contribution in [2.24, 2.45) is 0 Å². The van der Waals surface area contributed by atoms with Crippen LogP contribution in [0.15, 0.2) is 36.8 Å². The van der Waals surface area contributed by atoms with Crippen LogP contribution >= 0.6 is 23.2 Å². The van der Waals surface area contributed by atoms with E-state index in [1.165, 1.54) is 0 Å². The number of nitrogens with one attached hydrogen (secondary N) is 3. The average Bonchev–Trinajstić information content (AvgIpc) is 3.71. The largest absolute Gasteiger partial charge is 0.483 e. The van der Waals surface area contributed by atoms with E-state index in [0.29, 0.717) is 34.6 Å². The first-order chi connectivity index (χ1) is 21.8. The summed E-state index contributed by atoms with van der Waals surface area (Å²) in [6, 6.07) is 5.38. The van der Waals surface area contributed by atoms with Gasteiger partial charge in [0.2, 0.25) is 0 Å². The van der Waals surface area contributed by atoms with Crippen molar-refractivity contribution in [3.63, 3.8) is 0 Å². The molecule has 2 atom stereocenters. The summed E-state index contributed by atoms with van der Waals surface area (Å²) in [7, 11) is 0. The Morgan fingerprint density at radius 3 is 2.51 bits per heavy atom. The number of nitrogens with zero attached hydrogens (tertiary/aromatic N) is 4. The van der Waals surface area contributed by atoms with E-state index in [1.54, 1.807) is 30.6 Å². The Labute approximate surface area is 270 Å². The van der Waals surface area contributed by atoms with Crippen LogP contribution in [0, 0.1) is 0 Å². The number of piperidine rings is 1. The van der Waals surface area contributed by atoms with E-state index in [4.69, 9.17) is 53.5 Å². The molecule has 3 heterocycles. The molecule has 7 N–H and O–H groups in total. The number of ether oxygens (including phenoxy) is 1. The van der Waals surface area contributed by atoms with Gasteiger partial charge in [-0.2, -0.15) is 5.10 Å². The van der Waals surface area contributed by atoms with Gasteiger partial charge < -0.3 is 36.6 Å². The number of rotatable bonds is 10. The number of anilines is 2. The number of hydrogen-bond acceptors (Lipinski definition) is 11. The molecule has 0 bridgehead atoms. The van der Waals surface area contributed by atoms with Crippen LogP contribution in [0.5, 0.6) is 0 Å². The van der Waals surface area contributed by atoms with Crippen molar-refractivity contribution in [3.05, 3.63) is 52.4 Å². The van der Waals surface area contributed by atoms with Gasteiger partial charge in [0, 0.05) is 46.5 Å². The van der Waals surface area contributed by atoms with E-state index in [1.807, 2.05) is 10.9 Å². The third kappa shape index (κ3) is 11.2. The monoisotopic (exact) mass is 664 g/mol. The van der Waals surface area contributed by atoms with Crippen LogP contribution in [-0.2, 0) is 32.2 Å². The molecule has 2 aromatic heterocycles. The molecule has 1 aliphatic carbocycles. The quantitative estimate of drug-likeness (QED) is 0.136. The van der Waals surface area contributed by atoms with Crippen molar-refractivity contribution in [3.8, 4) is 11.3 Å². The van der Waals surface area contributed by atoms with Gasteiger partial charge in [0.25, 0.3) is 12.9 Å². The summed E-state index contributed by atoms with van der Waals surface area (Å²) in [5, 5.41) is 29.5. The minimum atomic E-state index is -0.250. The Balaban J connectivity index is 0.000000853. The fourth-order valence-corrected chi connectivity index (χ4v) is 5.61. The third-order valence-corrected chi connectivity index (χ3v) is 7.98. The molecule has 45 heavy (non-hydrogen) atoms. The maximum absolute atomic E-state index is 12.6. The maximum Gasteiger partial charge on any atom is 0.323 e. The number of nitrogen functional groups attached to an aromatic ring is 1. The normalized spacial score (nSPS) is 17.6. The molecule has 1 saturated heterocycles. The van der Waals surface area contributed by atoms with Crippen molar-refractivity contribution in [2.75, 3.05) is 24.1 Å². The molecular weight excluding hydrogens is 627 g/mol. The van der Waals surface area contributed by atoms with Gasteiger partial charge in [0.05, 0.1) is 24.6 Å². The molecule has 244 valence electrons. The molecule has 2 aliphatic rings. The SMILES string of the molecule is Nc1ncc(-c2cnn(CCNC3CCN[C@H](C(=O)OC4CCCC4)C3)c2)nc1NCc1c(Cl)cccc1Cl.O=CO.O=CO. The van der Waals surface area contributed by atoms with Gasteiger partial charge in [-0.3, -0.25) is 19.1 Å². The summed E-state index contributed by atoms with van der Waals surface area (Å²) >= 11 is 12.6. The zero-order valence-corrected chi connectivity index (χ0v) is 26.1. The lowest BCUT2D eigenvalue weighted by Gasteiger charge is -2.30. The van der Waals surface area contributed by atoms with Crippen molar-refractivity contribution in [1.82, 2.24) is 30.4 Å². The van der Waals surface area contributed by atoms with Crippen LogP contribution in [0.25, 0.3) is 11.3 Å². The Bertz CT molecular complexity index is 1360. The Kier molecular flexibility index (Phi) is 14.8. The van der Waals surface area contributed by atoms with Crippen LogP contribution in [0.2, 0.25) is 10.0 Å². The molecular formula is C29H38Cl2N8O6. The Morgan fingerprint density at radius 1 is 1.13 bits per heavy atom. The molecule has 0 amide bonds. The topological polar surface area (TPSA) is 207 Å². The summed E-state index contributed by atoms with van der Waals surface area (Å²) in [5.74, 6) is 0.620. The van der Waals surface area contributed by atoms with Crippen molar-refractivity contribution >= 4 is 53.8 Å². The molecule has 5 rings (SSSR count). The Morgan fingerprint density at radius 2 is 1.82 bits per heavy atom. The van der Waals surface area contributed by atoms with Crippen molar-refractivity contribution in [2.45, 2.75) is 69.8 Å². The summed E-state index contributed by atoms with van der Waals surface area (Å²) in [6.07, 6.45) is 11.4.